The molecule has 1 amide bonds. The average molecular weight is 447 g/mol. The van der Waals surface area contributed by atoms with E-state index in [9.17, 15) is 13.2 Å². The van der Waals surface area contributed by atoms with Crippen molar-refractivity contribution in [3.8, 4) is 22.1 Å². The number of carbonyl (C=O) groups is 1. The Labute approximate surface area is 179 Å². The van der Waals surface area contributed by atoms with E-state index in [0.717, 1.165) is 17.5 Å². The summed E-state index contributed by atoms with van der Waals surface area (Å²) in [4.78, 5) is 16.6. The van der Waals surface area contributed by atoms with Crippen LogP contribution in [0.25, 0.3) is 20.8 Å². The first-order chi connectivity index (χ1) is 14.3. The van der Waals surface area contributed by atoms with Crippen molar-refractivity contribution < 1.29 is 22.7 Å². The van der Waals surface area contributed by atoms with E-state index in [1.54, 1.807) is 38.5 Å². The summed E-state index contributed by atoms with van der Waals surface area (Å²) in [7, 11) is -0.280. The topological polar surface area (TPSA) is 94.6 Å². The Kier molecular flexibility index (Phi) is 5.42. The lowest BCUT2D eigenvalue weighted by Crippen LogP contribution is -2.10. The minimum absolute atomic E-state index is 0.153. The Morgan fingerprint density at radius 1 is 1.17 bits per heavy atom. The van der Waals surface area contributed by atoms with Crippen LogP contribution in [0.3, 0.4) is 0 Å². The quantitative estimate of drug-likeness (QED) is 0.587. The summed E-state index contributed by atoms with van der Waals surface area (Å²) in [6.07, 6.45) is 1.91. The van der Waals surface area contributed by atoms with Gasteiger partial charge in [0.25, 0.3) is 0 Å². The van der Waals surface area contributed by atoms with E-state index in [0.29, 0.717) is 33.3 Å². The fraction of sp³-hybridized carbons (Fsp3) is 0.333. The Bertz CT molecular complexity index is 1190. The van der Waals surface area contributed by atoms with Crippen LogP contribution in [0, 0.1) is 5.92 Å². The molecule has 4 rings (SSSR count). The number of rotatable bonds is 7. The van der Waals surface area contributed by atoms with Crippen LogP contribution in [0.15, 0.2) is 35.2 Å². The molecule has 1 saturated carbocycles. The third-order valence-corrected chi connectivity index (χ3v) is 7.87. The molecule has 0 spiro atoms. The maximum atomic E-state index is 12.8. The number of anilines is 1. The lowest BCUT2D eigenvalue weighted by atomic mass is 10.2. The first-order valence-electron chi connectivity index (χ1n) is 9.48. The van der Waals surface area contributed by atoms with Crippen LogP contribution < -0.4 is 14.8 Å². The van der Waals surface area contributed by atoms with Gasteiger partial charge in [-0.05, 0) is 37.0 Å². The molecule has 1 N–H and O–H groups in total. The molecule has 0 saturated heterocycles. The van der Waals surface area contributed by atoms with Crippen LogP contribution in [0.4, 0.5) is 5.69 Å². The van der Waals surface area contributed by atoms with E-state index in [1.807, 2.05) is 6.07 Å². The van der Waals surface area contributed by atoms with E-state index >= 15 is 0 Å². The van der Waals surface area contributed by atoms with E-state index in [4.69, 9.17) is 9.47 Å². The van der Waals surface area contributed by atoms with Gasteiger partial charge >= 0.3 is 0 Å². The zero-order valence-electron chi connectivity index (χ0n) is 16.9. The fourth-order valence-corrected chi connectivity index (χ4v) is 5.98. The molecule has 1 aliphatic rings. The van der Waals surface area contributed by atoms with Crippen molar-refractivity contribution >= 4 is 43.0 Å². The maximum Gasteiger partial charge on any atom is 0.221 e. The number of benzene rings is 2. The molecule has 1 fully saturated rings. The van der Waals surface area contributed by atoms with Gasteiger partial charge in [-0.3, -0.25) is 4.79 Å². The first-order valence-corrected chi connectivity index (χ1v) is 11.9. The number of hydrogen-bond acceptors (Lipinski definition) is 7. The third kappa shape index (κ3) is 4.13. The van der Waals surface area contributed by atoms with Gasteiger partial charge in [-0.25, -0.2) is 13.4 Å². The molecule has 1 heterocycles. The minimum Gasteiger partial charge on any atom is -0.493 e. The molecule has 0 unspecified atom stereocenters. The number of carbonyl (C=O) groups excluding carboxylic acids is 1. The molecule has 158 valence electrons. The molecular weight excluding hydrogens is 424 g/mol. The highest BCUT2D eigenvalue weighted by atomic mass is 32.2. The number of aromatic nitrogens is 1. The van der Waals surface area contributed by atoms with Gasteiger partial charge in [0.15, 0.2) is 21.3 Å². The first kappa shape index (κ1) is 20.6. The van der Waals surface area contributed by atoms with E-state index < -0.39 is 9.84 Å². The van der Waals surface area contributed by atoms with Crippen molar-refractivity contribution in [2.75, 3.05) is 25.3 Å². The molecular formula is C21H22N2O5S2. The van der Waals surface area contributed by atoms with Gasteiger partial charge in [0.2, 0.25) is 5.91 Å². The number of methoxy groups -OCH3 is 2. The largest absolute Gasteiger partial charge is 0.493 e. The number of amides is 1. The molecule has 7 nitrogen and oxygen atoms in total. The van der Waals surface area contributed by atoms with E-state index in [-0.39, 0.29) is 22.5 Å². The number of ether oxygens (including phenoxy) is 2. The summed E-state index contributed by atoms with van der Waals surface area (Å²) >= 11 is 1.39. The predicted molar refractivity (Wildman–Crippen MR) is 117 cm³/mol. The zero-order chi connectivity index (χ0) is 21.5. The zero-order valence-corrected chi connectivity index (χ0v) is 18.5. The van der Waals surface area contributed by atoms with Crippen molar-refractivity contribution in [2.45, 2.75) is 24.7 Å². The van der Waals surface area contributed by atoms with Crippen molar-refractivity contribution in [1.82, 2.24) is 4.98 Å². The van der Waals surface area contributed by atoms with Gasteiger partial charge in [0, 0.05) is 24.6 Å². The van der Waals surface area contributed by atoms with Crippen LogP contribution in [0.2, 0.25) is 0 Å². The summed E-state index contributed by atoms with van der Waals surface area (Å²) < 4.78 is 37.2. The van der Waals surface area contributed by atoms with Crippen LogP contribution in [0.1, 0.15) is 19.8 Å². The van der Waals surface area contributed by atoms with Gasteiger partial charge in [-0.2, -0.15) is 0 Å². The molecule has 0 aliphatic heterocycles. The summed E-state index contributed by atoms with van der Waals surface area (Å²) in [6.45, 7) is 1.41. The molecule has 2 aromatic carbocycles. The molecule has 3 aromatic rings. The molecule has 30 heavy (non-hydrogen) atoms. The summed E-state index contributed by atoms with van der Waals surface area (Å²) in [5, 5.41) is 3.38. The van der Waals surface area contributed by atoms with Gasteiger partial charge in [0.05, 0.1) is 40.8 Å². The number of fused-ring (bicyclic) bond motifs is 1. The van der Waals surface area contributed by atoms with Gasteiger partial charge in [0.1, 0.15) is 5.01 Å². The van der Waals surface area contributed by atoms with Gasteiger partial charge in [-0.1, -0.05) is 0 Å². The van der Waals surface area contributed by atoms with Crippen LogP contribution >= 0.6 is 11.3 Å². The highest BCUT2D eigenvalue weighted by Crippen LogP contribution is 2.41. The number of hydrogen-bond donors (Lipinski definition) is 1. The fourth-order valence-electron chi connectivity index (χ4n) is 3.25. The lowest BCUT2D eigenvalue weighted by molar-refractivity contribution is -0.114. The van der Waals surface area contributed by atoms with E-state index in [2.05, 4.69) is 10.3 Å². The van der Waals surface area contributed by atoms with Gasteiger partial charge in [-0.15, -0.1) is 11.3 Å². The molecule has 0 atom stereocenters. The van der Waals surface area contributed by atoms with Crippen LogP contribution in [-0.2, 0) is 14.6 Å². The Balaban J connectivity index is 1.84. The summed E-state index contributed by atoms with van der Waals surface area (Å²) in [5.74, 6) is 1.30. The third-order valence-electron chi connectivity index (χ3n) is 4.94. The summed E-state index contributed by atoms with van der Waals surface area (Å²) in [6, 6.07) is 8.39. The molecule has 0 radical (unpaired) electrons. The highest BCUT2D eigenvalue weighted by molar-refractivity contribution is 7.91. The second-order valence-electron chi connectivity index (χ2n) is 7.31. The standard InChI is InChI=1S/C21H22N2O5S2/c1-12(24)22-16-7-6-14(30(25,26)11-13-4-5-13)8-15(16)21-23-17-9-18(27-2)19(28-3)10-20(17)29-21/h6-10,13H,4-5,11H2,1-3H3,(H,22,24). The average Bonchev–Trinajstić information content (AvgIpc) is 3.41. The molecule has 0 bridgehead atoms. The SMILES string of the molecule is COc1cc2nc(-c3cc(S(=O)(=O)CC4CC4)ccc3NC(C)=O)sc2cc1OC. The Morgan fingerprint density at radius 2 is 1.87 bits per heavy atom. The molecule has 1 aliphatic carbocycles. The second-order valence-corrected chi connectivity index (χ2v) is 10.4. The maximum absolute atomic E-state index is 12.8. The smallest absolute Gasteiger partial charge is 0.221 e. The normalized spacial score (nSPS) is 14.0. The second kappa shape index (κ2) is 7.88. The number of thiazole rings is 1. The van der Waals surface area contributed by atoms with Crippen molar-refractivity contribution in [1.29, 1.82) is 0 Å². The predicted octanol–water partition coefficient (Wildman–Crippen LogP) is 4.12. The molecule has 1 aromatic heterocycles. The highest BCUT2D eigenvalue weighted by Gasteiger charge is 2.29. The lowest BCUT2D eigenvalue weighted by Gasteiger charge is -2.11. The summed E-state index contributed by atoms with van der Waals surface area (Å²) in [5.41, 5.74) is 1.79. The van der Waals surface area contributed by atoms with Crippen molar-refractivity contribution in [3.05, 3.63) is 30.3 Å². The Morgan fingerprint density at radius 3 is 2.50 bits per heavy atom. The van der Waals surface area contributed by atoms with E-state index in [1.165, 1.54) is 18.3 Å². The monoisotopic (exact) mass is 446 g/mol. The van der Waals surface area contributed by atoms with Crippen molar-refractivity contribution in [2.24, 2.45) is 5.92 Å². The number of sulfone groups is 1. The van der Waals surface area contributed by atoms with Gasteiger partial charge < -0.3 is 14.8 Å². The number of nitrogens with one attached hydrogen (secondary N) is 1. The number of nitrogens with zero attached hydrogens (tertiary/aromatic N) is 1. The minimum atomic E-state index is -3.40. The van der Waals surface area contributed by atoms with Crippen LogP contribution in [0.5, 0.6) is 11.5 Å². The van der Waals surface area contributed by atoms with Crippen LogP contribution in [-0.4, -0.2) is 39.3 Å². The van der Waals surface area contributed by atoms with Crippen molar-refractivity contribution in [3.63, 3.8) is 0 Å². The Hall–Kier alpha value is -2.65. The molecule has 9 heteroatoms.